The van der Waals surface area contributed by atoms with Crippen LogP contribution < -0.4 is 5.73 Å². The Morgan fingerprint density at radius 1 is 1.41 bits per heavy atom. The van der Waals surface area contributed by atoms with Gasteiger partial charge in [-0.15, -0.1) is 11.3 Å². The molecule has 2 rings (SSSR count). The van der Waals surface area contributed by atoms with Gasteiger partial charge in [0.1, 0.15) is 0 Å². The molecule has 2 N–H and O–H groups in total. The number of piperidine rings is 1. The van der Waals surface area contributed by atoms with Crippen LogP contribution in [0.25, 0.3) is 0 Å². The van der Waals surface area contributed by atoms with Gasteiger partial charge in [0.25, 0.3) is 0 Å². The summed E-state index contributed by atoms with van der Waals surface area (Å²) in [6.07, 6.45) is 2.44. The van der Waals surface area contributed by atoms with Crippen molar-refractivity contribution in [1.29, 1.82) is 0 Å². The van der Waals surface area contributed by atoms with Crippen molar-refractivity contribution < 1.29 is 0 Å². The third kappa shape index (κ3) is 3.22. The van der Waals surface area contributed by atoms with Gasteiger partial charge in [-0.1, -0.05) is 11.6 Å². The van der Waals surface area contributed by atoms with Crippen LogP contribution in [0.3, 0.4) is 0 Å². The van der Waals surface area contributed by atoms with Gasteiger partial charge in [0.15, 0.2) is 0 Å². The van der Waals surface area contributed by atoms with Crippen molar-refractivity contribution in [2.75, 3.05) is 13.1 Å². The minimum Gasteiger partial charge on any atom is -0.328 e. The van der Waals surface area contributed by atoms with E-state index in [2.05, 4.69) is 30.2 Å². The predicted molar refractivity (Wildman–Crippen MR) is 75.7 cm³/mol. The van der Waals surface area contributed by atoms with Crippen LogP contribution in [0.2, 0.25) is 4.34 Å². The van der Waals surface area contributed by atoms with Crippen molar-refractivity contribution in [1.82, 2.24) is 4.90 Å². The van der Waals surface area contributed by atoms with E-state index < -0.39 is 0 Å². The van der Waals surface area contributed by atoms with Gasteiger partial charge in [-0.05, 0) is 62.7 Å². The zero-order chi connectivity index (χ0) is 12.4. The van der Waals surface area contributed by atoms with E-state index in [9.17, 15) is 0 Å². The van der Waals surface area contributed by atoms with E-state index in [0.717, 1.165) is 17.4 Å². The summed E-state index contributed by atoms with van der Waals surface area (Å²) in [4.78, 5) is 2.54. The Hall–Kier alpha value is -0.0900. The van der Waals surface area contributed by atoms with Crippen LogP contribution in [0.4, 0.5) is 0 Å². The highest BCUT2D eigenvalue weighted by Gasteiger charge is 2.25. The highest BCUT2D eigenvalue weighted by atomic mass is 35.5. The lowest BCUT2D eigenvalue weighted by Gasteiger charge is -2.37. The second-order valence-corrected chi connectivity index (χ2v) is 6.64. The minimum absolute atomic E-state index is 0.336. The normalized spacial score (nSPS) is 22.6. The first-order valence-corrected chi connectivity index (χ1v) is 7.57. The monoisotopic (exact) mass is 272 g/mol. The molecule has 2 atom stereocenters. The summed E-state index contributed by atoms with van der Waals surface area (Å²) in [7, 11) is 0. The van der Waals surface area contributed by atoms with E-state index in [-0.39, 0.29) is 0 Å². The van der Waals surface area contributed by atoms with Crippen molar-refractivity contribution in [3.05, 3.63) is 21.3 Å². The summed E-state index contributed by atoms with van der Waals surface area (Å²) in [6.45, 7) is 6.70. The molecule has 0 aromatic carbocycles. The van der Waals surface area contributed by atoms with Crippen molar-refractivity contribution in [3.63, 3.8) is 0 Å². The van der Waals surface area contributed by atoms with Gasteiger partial charge in [0.2, 0.25) is 0 Å². The summed E-state index contributed by atoms with van der Waals surface area (Å²) in [5, 5.41) is 2.17. The van der Waals surface area contributed by atoms with Crippen LogP contribution in [-0.2, 0) is 0 Å². The average molecular weight is 273 g/mol. The maximum atomic E-state index is 5.99. The van der Waals surface area contributed by atoms with Crippen LogP contribution in [0.5, 0.6) is 0 Å². The quantitative estimate of drug-likeness (QED) is 0.912. The largest absolute Gasteiger partial charge is 0.328 e. The number of hydrogen-bond donors (Lipinski definition) is 1. The maximum Gasteiger partial charge on any atom is 0.0931 e. The predicted octanol–water partition coefficient (Wildman–Crippen LogP) is 3.52. The first-order chi connectivity index (χ1) is 8.08. The molecule has 0 bridgehead atoms. The lowest BCUT2D eigenvalue weighted by atomic mass is 9.90. The zero-order valence-electron chi connectivity index (χ0n) is 10.5. The van der Waals surface area contributed by atoms with Crippen molar-refractivity contribution >= 4 is 22.9 Å². The molecule has 1 saturated heterocycles. The molecule has 2 unspecified atom stereocenters. The molecule has 0 amide bonds. The minimum atomic E-state index is 0.336. The lowest BCUT2D eigenvalue weighted by Crippen LogP contribution is -2.40. The Labute approximate surface area is 113 Å². The van der Waals surface area contributed by atoms with E-state index in [4.69, 9.17) is 17.3 Å². The number of likely N-dealkylation sites (tertiary alicyclic amines) is 1. The number of nitrogens with zero attached hydrogens (tertiary/aromatic N) is 1. The van der Waals surface area contributed by atoms with Crippen molar-refractivity contribution in [2.45, 2.75) is 38.8 Å². The fourth-order valence-corrected chi connectivity index (χ4v) is 3.56. The number of rotatable bonds is 3. The Morgan fingerprint density at radius 3 is 2.53 bits per heavy atom. The lowest BCUT2D eigenvalue weighted by molar-refractivity contribution is 0.133. The van der Waals surface area contributed by atoms with Crippen LogP contribution in [0, 0.1) is 5.92 Å². The molecule has 0 spiro atoms. The second-order valence-electron chi connectivity index (χ2n) is 5.09. The highest BCUT2D eigenvalue weighted by Crippen LogP contribution is 2.31. The third-order valence-corrected chi connectivity index (χ3v) is 5.05. The van der Waals surface area contributed by atoms with Gasteiger partial charge in [0, 0.05) is 12.1 Å². The number of halogens is 1. The molecule has 1 aromatic heterocycles. The Bertz CT molecular complexity index is 356. The summed E-state index contributed by atoms with van der Waals surface area (Å²) in [5.41, 5.74) is 7.32. The standard InChI is InChI=1S/C13H21ClN2S/c1-9(15)11-3-5-16(6-4-11)10(2)12-7-13(14)17-8-12/h7-11H,3-6,15H2,1-2H3. The molecule has 1 aliphatic rings. The van der Waals surface area contributed by atoms with Gasteiger partial charge >= 0.3 is 0 Å². The average Bonchev–Trinajstić information content (AvgIpc) is 2.75. The molecule has 4 heteroatoms. The van der Waals surface area contributed by atoms with E-state index in [1.165, 1.54) is 18.4 Å². The summed E-state index contributed by atoms with van der Waals surface area (Å²) < 4.78 is 0.886. The van der Waals surface area contributed by atoms with Crippen LogP contribution >= 0.6 is 22.9 Å². The molecule has 1 aliphatic heterocycles. The first-order valence-electron chi connectivity index (χ1n) is 6.31. The van der Waals surface area contributed by atoms with Crippen LogP contribution in [-0.4, -0.2) is 24.0 Å². The van der Waals surface area contributed by atoms with Crippen molar-refractivity contribution in [3.8, 4) is 0 Å². The molecule has 2 nitrogen and oxygen atoms in total. The van der Waals surface area contributed by atoms with Gasteiger partial charge in [0.05, 0.1) is 4.34 Å². The summed E-state index contributed by atoms with van der Waals surface area (Å²) >= 11 is 7.61. The van der Waals surface area contributed by atoms with Crippen molar-refractivity contribution in [2.24, 2.45) is 11.7 Å². The van der Waals surface area contributed by atoms with Crippen LogP contribution in [0.15, 0.2) is 11.4 Å². The SMILES string of the molecule is CC(N)C1CCN(C(C)c2csc(Cl)c2)CC1. The molecule has 2 heterocycles. The molecule has 0 saturated carbocycles. The smallest absolute Gasteiger partial charge is 0.0931 e. The molecular formula is C13H21ClN2S. The Kier molecular flexibility index (Phi) is 4.47. The fourth-order valence-electron chi connectivity index (χ4n) is 2.59. The van der Waals surface area contributed by atoms with E-state index in [1.807, 2.05) is 0 Å². The molecular weight excluding hydrogens is 252 g/mol. The van der Waals surface area contributed by atoms with E-state index in [0.29, 0.717) is 18.0 Å². The molecule has 1 aromatic rings. The Morgan fingerprint density at radius 2 is 2.06 bits per heavy atom. The van der Waals surface area contributed by atoms with Gasteiger partial charge in [-0.25, -0.2) is 0 Å². The molecule has 0 aliphatic carbocycles. The third-order valence-electron chi connectivity index (χ3n) is 3.94. The first kappa shape index (κ1) is 13.3. The molecule has 0 radical (unpaired) electrons. The second kappa shape index (κ2) is 5.70. The summed E-state index contributed by atoms with van der Waals surface area (Å²) in [6, 6.07) is 2.91. The van der Waals surface area contributed by atoms with Crippen LogP contribution in [0.1, 0.15) is 38.3 Å². The highest BCUT2D eigenvalue weighted by molar-refractivity contribution is 7.14. The number of nitrogens with two attached hydrogens (primary N) is 1. The fraction of sp³-hybridized carbons (Fsp3) is 0.692. The van der Waals surface area contributed by atoms with Gasteiger partial charge in [-0.3, -0.25) is 4.90 Å². The summed E-state index contributed by atoms with van der Waals surface area (Å²) in [5.74, 6) is 0.699. The molecule has 17 heavy (non-hydrogen) atoms. The number of hydrogen-bond acceptors (Lipinski definition) is 3. The van der Waals surface area contributed by atoms with Gasteiger partial charge < -0.3 is 5.73 Å². The Balaban J connectivity index is 1.92. The molecule has 96 valence electrons. The van der Waals surface area contributed by atoms with E-state index in [1.54, 1.807) is 11.3 Å². The maximum absolute atomic E-state index is 5.99. The van der Waals surface area contributed by atoms with Gasteiger partial charge in [-0.2, -0.15) is 0 Å². The topological polar surface area (TPSA) is 29.3 Å². The zero-order valence-corrected chi connectivity index (χ0v) is 12.1. The molecule has 1 fully saturated rings. The number of thiophene rings is 1. The van der Waals surface area contributed by atoms with E-state index >= 15 is 0 Å².